The third kappa shape index (κ3) is 6.62. The molecule has 9 nitrogen and oxygen atoms in total. The molecular weight excluding hydrogens is 458 g/mol. The van der Waals surface area contributed by atoms with E-state index in [4.69, 9.17) is 14.2 Å². The molecule has 0 unspecified atom stereocenters. The van der Waals surface area contributed by atoms with Crippen LogP contribution in [0.5, 0.6) is 11.5 Å². The van der Waals surface area contributed by atoms with Crippen LogP contribution < -0.4 is 19.1 Å². The monoisotopic (exact) mass is 491 g/mol. The molecule has 0 aromatic heterocycles. The van der Waals surface area contributed by atoms with Crippen LogP contribution in [-0.2, 0) is 19.6 Å². The fourth-order valence-electron chi connectivity index (χ4n) is 3.66. The van der Waals surface area contributed by atoms with Gasteiger partial charge in [0, 0.05) is 26.2 Å². The minimum Gasteiger partial charge on any atom is -0.495 e. The van der Waals surface area contributed by atoms with Crippen LogP contribution in [0.4, 0.5) is 5.69 Å². The molecule has 1 aliphatic heterocycles. The van der Waals surface area contributed by atoms with Crippen molar-refractivity contribution in [2.75, 3.05) is 64.0 Å². The highest BCUT2D eigenvalue weighted by atomic mass is 32.2. The number of ether oxygens (including phenoxy) is 3. The lowest BCUT2D eigenvalue weighted by Crippen LogP contribution is -2.45. The van der Waals surface area contributed by atoms with E-state index in [2.05, 4.69) is 10.2 Å². The van der Waals surface area contributed by atoms with Crippen LogP contribution in [0.15, 0.2) is 47.4 Å². The maximum absolute atomic E-state index is 13.7. The van der Waals surface area contributed by atoms with Crippen LogP contribution in [-0.4, -0.2) is 78.9 Å². The lowest BCUT2D eigenvalue weighted by molar-refractivity contribution is -0.119. The molecule has 186 valence electrons. The molecule has 1 heterocycles. The molecule has 1 N–H and O–H groups in total. The topological polar surface area (TPSA) is 97.4 Å². The predicted octanol–water partition coefficient (Wildman–Crippen LogP) is 2.05. The molecule has 1 fully saturated rings. The summed E-state index contributed by atoms with van der Waals surface area (Å²) in [4.78, 5) is 15.0. The Morgan fingerprint density at radius 2 is 1.85 bits per heavy atom. The van der Waals surface area contributed by atoms with Crippen LogP contribution in [0.25, 0.3) is 0 Å². The molecule has 0 atom stereocenters. The first-order valence-corrected chi connectivity index (χ1v) is 12.8. The number of morpholine rings is 1. The van der Waals surface area contributed by atoms with Gasteiger partial charge in [0.2, 0.25) is 5.91 Å². The van der Waals surface area contributed by atoms with E-state index in [9.17, 15) is 13.2 Å². The number of hydrogen-bond acceptors (Lipinski definition) is 7. The van der Waals surface area contributed by atoms with E-state index in [0.717, 1.165) is 23.0 Å². The summed E-state index contributed by atoms with van der Waals surface area (Å²) in [5.74, 6) is 0.443. The summed E-state index contributed by atoms with van der Waals surface area (Å²) in [6.07, 6.45) is 0. The van der Waals surface area contributed by atoms with Gasteiger partial charge in [-0.25, -0.2) is 8.42 Å². The molecule has 1 aliphatic rings. The molecule has 0 saturated carbocycles. The Balaban J connectivity index is 1.83. The van der Waals surface area contributed by atoms with Crippen molar-refractivity contribution < 1.29 is 27.4 Å². The Bertz CT molecular complexity index is 1050. The first-order valence-electron chi connectivity index (χ1n) is 11.3. The lowest BCUT2D eigenvalue weighted by atomic mass is 10.2. The zero-order valence-corrected chi connectivity index (χ0v) is 20.8. The number of rotatable bonds is 11. The summed E-state index contributed by atoms with van der Waals surface area (Å²) < 4.78 is 44.7. The van der Waals surface area contributed by atoms with Gasteiger partial charge in [-0.05, 0) is 55.8 Å². The van der Waals surface area contributed by atoms with Gasteiger partial charge in [-0.2, -0.15) is 0 Å². The van der Waals surface area contributed by atoms with Gasteiger partial charge in [0.05, 0.1) is 32.6 Å². The van der Waals surface area contributed by atoms with Crippen molar-refractivity contribution in [1.29, 1.82) is 0 Å². The number of benzene rings is 2. The first kappa shape index (κ1) is 25.8. The van der Waals surface area contributed by atoms with Gasteiger partial charge in [-0.3, -0.25) is 14.0 Å². The van der Waals surface area contributed by atoms with Crippen molar-refractivity contribution in [3.05, 3.63) is 48.0 Å². The summed E-state index contributed by atoms with van der Waals surface area (Å²) in [6, 6.07) is 11.6. The number of nitrogens with zero attached hydrogens (tertiary/aromatic N) is 2. The molecule has 0 aliphatic carbocycles. The molecular formula is C24H33N3O6S. The maximum atomic E-state index is 13.7. The Morgan fingerprint density at radius 1 is 1.15 bits per heavy atom. The number of amides is 1. The van der Waals surface area contributed by atoms with Crippen molar-refractivity contribution in [3.63, 3.8) is 0 Å². The standard InChI is InChI=1S/C24H33N3O6S/c1-4-33-21-8-6-20(7-9-21)27(18-24(28)25-11-12-26-13-15-32-16-14-26)34(29,30)23-17-19(2)5-10-22(23)31-3/h5-10,17H,4,11-16,18H2,1-3H3,(H,25,28). The number of nitrogens with one attached hydrogen (secondary N) is 1. The zero-order chi connectivity index (χ0) is 24.6. The van der Waals surface area contributed by atoms with E-state index >= 15 is 0 Å². The van der Waals surface area contributed by atoms with Gasteiger partial charge in [0.15, 0.2) is 0 Å². The predicted molar refractivity (Wildman–Crippen MR) is 130 cm³/mol. The Hall–Kier alpha value is -2.82. The number of carbonyl (C=O) groups excluding carboxylic acids is 1. The molecule has 0 radical (unpaired) electrons. The third-order valence-electron chi connectivity index (χ3n) is 5.46. The highest BCUT2D eigenvalue weighted by molar-refractivity contribution is 7.93. The minimum absolute atomic E-state index is 0.00463. The second-order valence-electron chi connectivity index (χ2n) is 7.90. The summed E-state index contributed by atoms with van der Waals surface area (Å²) in [6.45, 7) is 7.88. The van der Waals surface area contributed by atoms with E-state index in [-0.39, 0.29) is 17.2 Å². The smallest absolute Gasteiger partial charge is 0.268 e. The van der Waals surface area contributed by atoms with Crippen LogP contribution in [0.1, 0.15) is 12.5 Å². The Labute approximate surface area is 201 Å². The van der Waals surface area contributed by atoms with Gasteiger partial charge in [-0.15, -0.1) is 0 Å². The van der Waals surface area contributed by atoms with Crippen LogP contribution in [0.3, 0.4) is 0 Å². The molecule has 0 bridgehead atoms. The molecule has 1 saturated heterocycles. The SMILES string of the molecule is CCOc1ccc(N(CC(=O)NCCN2CCOCC2)S(=O)(=O)c2cc(C)ccc2OC)cc1. The van der Waals surface area contributed by atoms with Crippen molar-refractivity contribution in [2.45, 2.75) is 18.7 Å². The number of aryl methyl sites for hydroxylation is 1. The van der Waals surface area contributed by atoms with E-state index in [1.165, 1.54) is 7.11 Å². The van der Waals surface area contributed by atoms with E-state index in [0.29, 0.717) is 44.3 Å². The molecule has 2 aromatic rings. The number of carbonyl (C=O) groups is 1. The van der Waals surface area contributed by atoms with Crippen LogP contribution >= 0.6 is 0 Å². The van der Waals surface area contributed by atoms with Crippen molar-refractivity contribution in [1.82, 2.24) is 10.2 Å². The highest BCUT2D eigenvalue weighted by Crippen LogP contribution is 2.31. The molecule has 1 amide bonds. The fraction of sp³-hybridized carbons (Fsp3) is 0.458. The normalized spacial score (nSPS) is 14.4. The first-order chi connectivity index (χ1) is 16.3. The van der Waals surface area contributed by atoms with E-state index in [1.807, 2.05) is 6.92 Å². The molecule has 34 heavy (non-hydrogen) atoms. The number of sulfonamides is 1. The number of anilines is 1. The summed E-state index contributed by atoms with van der Waals surface area (Å²) in [5.41, 5.74) is 1.12. The maximum Gasteiger partial charge on any atom is 0.268 e. The van der Waals surface area contributed by atoms with Gasteiger partial charge < -0.3 is 19.5 Å². The Kier molecular flexibility index (Phi) is 9.14. The second-order valence-corrected chi connectivity index (χ2v) is 9.73. The highest BCUT2D eigenvalue weighted by Gasteiger charge is 2.30. The van der Waals surface area contributed by atoms with Crippen LogP contribution in [0.2, 0.25) is 0 Å². The molecule has 2 aromatic carbocycles. The average Bonchev–Trinajstić information content (AvgIpc) is 2.84. The summed E-state index contributed by atoms with van der Waals surface area (Å²) in [5, 5.41) is 2.84. The molecule has 3 rings (SSSR count). The summed E-state index contributed by atoms with van der Waals surface area (Å²) >= 11 is 0. The zero-order valence-electron chi connectivity index (χ0n) is 20.0. The fourth-order valence-corrected chi connectivity index (χ4v) is 5.32. The average molecular weight is 492 g/mol. The van der Waals surface area contributed by atoms with Crippen molar-refractivity contribution in [2.24, 2.45) is 0 Å². The lowest BCUT2D eigenvalue weighted by Gasteiger charge is -2.27. The van der Waals surface area contributed by atoms with E-state index in [1.54, 1.807) is 49.4 Å². The minimum atomic E-state index is -4.11. The van der Waals surface area contributed by atoms with Gasteiger partial charge in [-0.1, -0.05) is 6.07 Å². The third-order valence-corrected chi connectivity index (χ3v) is 7.26. The summed E-state index contributed by atoms with van der Waals surface area (Å²) in [7, 11) is -2.69. The molecule has 0 spiro atoms. The van der Waals surface area contributed by atoms with Gasteiger partial charge in [0.1, 0.15) is 22.9 Å². The quantitative estimate of drug-likeness (QED) is 0.514. The molecule has 10 heteroatoms. The number of hydrogen-bond donors (Lipinski definition) is 1. The Morgan fingerprint density at radius 3 is 2.50 bits per heavy atom. The van der Waals surface area contributed by atoms with Crippen molar-refractivity contribution >= 4 is 21.6 Å². The van der Waals surface area contributed by atoms with E-state index < -0.39 is 15.9 Å². The van der Waals surface area contributed by atoms with Gasteiger partial charge in [0.25, 0.3) is 10.0 Å². The van der Waals surface area contributed by atoms with Crippen molar-refractivity contribution in [3.8, 4) is 11.5 Å². The largest absolute Gasteiger partial charge is 0.495 e. The van der Waals surface area contributed by atoms with Crippen LogP contribution in [0, 0.1) is 6.92 Å². The second kappa shape index (κ2) is 12.0. The van der Waals surface area contributed by atoms with Gasteiger partial charge >= 0.3 is 0 Å². The number of methoxy groups -OCH3 is 1.